The van der Waals surface area contributed by atoms with Crippen LogP contribution in [0.25, 0.3) is 0 Å². The first-order valence-corrected chi connectivity index (χ1v) is 10.8. The van der Waals surface area contributed by atoms with Crippen LogP contribution in [0.2, 0.25) is 0 Å². The van der Waals surface area contributed by atoms with Crippen molar-refractivity contribution in [3.63, 3.8) is 0 Å². The van der Waals surface area contributed by atoms with Crippen molar-refractivity contribution in [3.8, 4) is 6.07 Å². The van der Waals surface area contributed by atoms with Gasteiger partial charge in [0.15, 0.2) is 9.84 Å². The molecule has 1 aliphatic heterocycles. The number of aryl methyl sites for hydroxylation is 1. The van der Waals surface area contributed by atoms with Crippen LogP contribution in [0.3, 0.4) is 0 Å². The Kier molecular flexibility index (Phi) is 5.45. The van der Waals surface area contributed by atoms with Crippen LogP contribution in [-0.2, 0) is 22.7 Å². The van der Waals surface area contributed by atoms with Crippen LogP contribution in [0.4, 0.5) is 0 Å². The van der Waals surface area contributed by atoms with E-state index in [-0.39, 0.29) is 22.7 Å². The molecular formula is C17H19N3O3S2. The van der Waals surface area contributed by atoms with Crippen LogP contribution in [0, 0.1) is 24.2 Å². The summed E-state index contributed by atoms with van der Waals surface area (Å²) in [5.41, 5.74) is 2.26. The summed E-state index contributed by atoms with van der Waals surface area (Å²) in [6, 6.07) is 10.3. The van der Waals surface area contributed by atoms with Crippen molar-refractivity contribution >= 4 is 21.6 Å². The second-order valence-electron chi connectivity index (χ2n) is 6.36. The molecule has 3 rings (SSSR count). The lowest BCUT2D eigenvalue weighted by molar-refractivity contribution is 0.389. The molecule has 132 valence electrons. The van der Waals surface area contributed by atoms with Gasteiger partial charge in [-0.3, -0.25) is 0 Å². The highest BCUT2D eigenvalue weighted by Gasteiger charge is 2.29. The van der Waals surface area contributed by atoms with Gasteiger partial charge in [-0.2, -0.15) is 5.26 Å². The Hall–Kier alpha value is -1.85. The summed E-state index contributed by atoms with van der Waals surface area (Å²) in [6.45, 7) is 2.02. The first-order chi connectivity index (χ1) is 11.9. The Morgan fingerprint density at radius 2 is 2.12 bits per heavy atom. The molecule has 0 saturated carbocycles. The molecule has 0 unspecified atom stereocenters. The van der Waals surface area contributed by atoms with Crippen molar-refractivity contribution in [3.05, 3.63) is 41.3 Å². The van der Waals surface area contributed by atoms with Gasteiger partial charge in [-0.25, -0.2) is 8.42 Å². The average Bonchev–Trinajstić information content (AvgIpc) is 3.15. The standard InChI is InChI=1S/C17H19N3O3S2/c1-12-2-4-13(5-3-12)8-15(10-18)24-17-20-19-16(23-17)9-14-6-7-25(21,22)11-14/h2-5,14-15H,6-9,11H2,1H3/t14-,15-/m1/s1. The van der Waals surface area contributed by atoms with Crippen LogP contribution >= 0.6 is 11.8 Å². The van der Waals surface area contributed by atoms with Gasteiger partial charge in [-0.15, -0.1) is 10.2 Å². The number of aromatic nitrogens is 2. The van der Waals surface area contributed by atoms with E-state index in [4.69, 9.17) is 4.42 Å². The molecule has 8 heteroatoms. The number of hydrogen-bond acceptors (Lipinski definition) is 7. The summed E-state index contributed by atoms with van der Waals surface area (Å²) in [5.74, 6) is 0.909. The SMILES string of the molecule is Cc1ccc(C[C@H](C#N)Sc2nnc(C[C@H]3CCS(=O)(=O)C3)o2)cc1. The van der Waals surface area contributed by atoms with E-state index in [1.165, 1.54) is 17.3 Å². The summed E-state index contributed by atoms with van der Waals surface area (Å²) < 4.78 is 28.6. The molecule has 0 spiro atoms. The van der Waals surface area contributed by atoms with E-state index in [9.17, 15) is 13.7 Å². The van der Waals surface area contributed by atoms with Crippen LogP contribution < -0.4 is 0 Å². The fourth-order valence-corrected chi connectivity index (χ4v) is 5.49. The number of nitriles is 1. The summed E-state index contributed by atoms with van der Waals surface area (Å²) in [7, 11) is -2.91. The Bertz CT molecular complexity index is 869. The average molecular weight is 377 g/mol. The lowest BCUT2D eigenvalue weighted by Gasteiger charge is -2.06. The number of thioether (sulfide) groups is 1. The van der Waals surface area contributed by atoms with Gasteiger partial charge < -0.3 is 4.42 Å². The highest BCUT2D eigenvalue weighted by Crippen LogP contribution is 2.27. The van der Waals surface area contributed by atoms with Gasteiger partial charge in [0.05, 0.1) is 17.6 Å². The Balaban J connectivity index is 1.58. The van der Waals surface area contributed by atoms with Crippen molar-refractivity contribution in [2.45, 2.75) is 36.7 Å². The molecular weight excluding hydrogens is 358 g/mol. The monoisotopic (exact) mass is 377 g/mol. The second kappa shape index (κ2) is 7.58. The van der Waals surface area contributed by atoms with Crippen LogP contribution in [-0.4, -0.2) is 35.4 Å². The minimum atomic E-state index is -2.91. The summed E-state index contributed by atoms with van der Waals surface area (Å²) in [5, 5.41) is 17.4. The normalized spacial score (nSPS) is 20.2. The first kappa shape index (κ1) is 18.0. The molecule has 2 aromatic rings. The van der Waals surface area contributed by atoms with Crippen molar-refractivity contribution in [1.82, 2.24) is 10.2 Å². The number of sulfone groups is 1. The molecule has 2 heterocycles. The van der Waals surface area contributed by atoms with Gasteiger partial charge in [0.1, 0.15) is 5.25 Å². The van der Waals surface area contributed by atoms with E-state index in [1.807, 2.05) is 31.2 Å². The minimum Gasteiger partial charge on any atom is -0.416 e. The van der Waals surface area contributed by atoms with Crippen molar-refractivity contribution < 1.29 is 12.8 Å². The van der Waals surface area contributed by atoms with Gasteiger partial charge in [0.25, 0.3) is 5.22 Å². The Morgan fingerprint density at radius 3 is 2.76 bits per heavy atom. The van der Waals surface area contributed by atoms with Gasteiger partial charge in [-0.05, 0) is 43.0 Å². The third kappa shape index (κ3) is 5.06. The quantitative estimate of drug-likeness (QED) is 0.714. The number of hydrogen-bond donors (Lipinski definition) is 0. The van der Waals surface area contributed by atoms with Crippen molar-refractivity contribution in [2.75, 3.05) is 11.5 Å². The highest BCUT2D eigenvalue weighted by atomic mass is 32.2. The zero-order valence-electron chi connectivity index (χ0n) is 13.9. The number of nitrogens with zero attached hydrogens (tertiary/aromatic N) is 3. The predicted molar refractivity (Wildman–Crippen MR) is 94.9 cm³/mol. The molecule has 1 fully saturated rings. The van der Waals surface area contributed by atoms with E-state index in [2.05, 4.69) is 16.3 Å². The Morgan fingerprint density at radius 1 is 1.36 bits per heavy atom. The summed E-state index contributed by atoms with van der Waals surface area (Å²) in [6.07, 6.45) is 1.71. The maximum Gasteiger partial charge on any atom is 0.277 e. The third-order valence-corrected chi connectivity index (χ3v) is 6.93. The zero-order chi connectivity index (χ0) is 17.9. The molecule has 2 atom stereocenters. The molecule has 1 aromatic heterocycles. The lowest BCUT2D eigenvalue weighted by atomic mass is 10.1. The largest absolute Gasteiger partial charge is 0.416 e. The maximum atomic E-state index is 11.5. The molecule has 25 heavy (non-hydrogen) atoms. The minimum absolute atomic E-state index is 0.0441. The molecule has 1 saturated heterocycles. The van der Waals surface area contributed by atoms with Crippen LogP contribution in [0.15, 0.2) is 33.9 Å². The van der Waals surface area contributed by atoms with E-state index in [0.29, 0.717) is 30.4 Å². The van der Waals surface area contributed by atoms with Crippen molar-refractivity contribution in [1.29, 1.82) is 5.26 Å². The maximum absolute atomic E-state index is 11.5. The van der Waals surface area contributed by atoms with Gasteiger partial charge in [-0.1, -0.05) is 29.8 Å². The van der Waals surface area contributed by atoms with E-state index >= 15 is 0 Å². The number of benzene rings is 1. The van der Waals surface area contributed by atoms with Crippen molar-refractivity contribution in [2.24, 2.45) is 5.92 Å². The van der Waals surface area contributed by atoms with E-state index < -0.39 is 9.84 Å². The fraction of sp³-hybridized carbons (Fsp3) is 0.471. The topological polar surface area (TPSA) is 96.9 Å². The molecule has 1 aliphatic rings. The fourth-order valence-electron chi connectivity index (χ4n) is 2.82. The van der Waals surface area contributed by atoms with Gasteiger partial charge in [0, 0.05) is 6.42 Å². The van der Waals surface area contributed by atoms with E-state index in [1.54, 1.807) is 0 Å². The van der Waals surface area contributed by atoms with Gasteiger partial charge >= 0.3 is 0 Å². The first-order valence-electron chi connectivity index (χ1n) is 8.08. The number of rotatable bonds is 6. The molecule has 0 bridgehead atoms. The third-order valence-electron chi connectivity index (χ3n) is 4.17. The molecule has 0 radical (unpaired) electrons. The summed E-state index contributed by atoms with van der Waals surface area (Å²) >= 11 is 1.25. The van der Waals surface area contributed by atoms with Gasteiger partial charge in [0.2, 0.25) is 5.89 Å². The van der Waals surface area contributed by atoms with Crippen LogP contribution in [0.5, 0.6) is 0 Å². The molecule has 1 aromatic carbocycles. The molecule has 6 nitrogen and oxygen atoms in total. The molecule has 0 N–H and O–H groups in total. The highest BCUT2D eigenvalue weighted by molar-refractivity contribution is 7.99. The molecule has 0 amide bonds. The predicted octanol–water partition coefficient (Wildman–Crippen LogP) is 2.58. The van der Waals surface area contributed by atoms with Crippen LogP contribution in [0.1, 0.15) is 23.4 Å². The lowest BCUT2D eigenvalue weighted by Crippen LogP contribution is -2.07. The van der Waals surface area contributed by atoms with E-state index in [0.717, 1.165) is 5.56 Å². The smallest absolute Gasteiger partial charge is 0.277 e. The molecule has 0 aliphatic carbocycles. The second-order valence-corrected chi connectivity index (χ2v) is 9.74. The zero-order valence-corrected chi connectivity index (χ0v) is 15.5. The summed E-state index contributed by atoms with van der Waals surface area (Å²) in [4.78, 5) is 0. The Labute approximate surface area is 151 Å².